The number of carbonyl (C=O) groups is 1. The fourth-order valence-corrected chi connectivity index (χ4v) is 3.98. The smallest absolute Gasteiger partial charge is 0.253 e. The summed E-state index contributed by atoms with van der Waals surface area (Å²) < 4.78 is 24.5. The molecule has 0 saturated heterocycles. The third-order valence-electron chi connectivity index (χ3n) is 4.28. The molecule has 7 nitrogen and oxygen atoms in total. The molecule has 0 unspecified atom stereocenters. The molecule has 2 rings (SSSR count). The molecule has 0 aliphatic carbocycles. The number of rotatable bonds is 8. The average Bonchev–Trinajstić information content (AvgIpc) is 2.73. The highest BCUT2D eigenvalue weighted by atomic mass is 127. The summed E-state index contributed by atoms with van der Waals surface area (Å²) in [5.41, 5.74) is 1.65. The molecule has 0 fully saturated rings. The third kappa shape index (κ3) is 7.94. The predicted molar refractivity (Wildman–Crippen MR) is 131 cm³/mol. The van der Waals surface area contributed by atoms with Gasteiger partial charge in [-0.3, -0.25) is 9.79 Å². The van der Waals surface area contributed by atoms with Crippen molar-refractivity contribution in [2.45, 2.75) is 17.9 Å². The first kappa shape index (κ1) is 25.9. The van der Waals surface area contributed by atoms with Crippen molar-refractivity contribution in [2.75, 3.05) is 33.4 Å². The van der Waals surface area contributed by atoms with E-state index in [2.05, 4.69) is 15.6 Å². The van der Waals surface area contributed by atoms with Gasteiger partial charge in [-0.2, -0.15) is 0 Å². The van der Waals surface area contributed by atoms with Crippen LogP contribution in [0.25, 0.3) is 0 Å². The highest BCUT2D eigenvalue weighted by Crippen LogP contribution is 2.10. The van der Waals surface area contributed by atoms with Crippen molar-refractivity contribution in [3.05, 3.63) is 65.7 Å². The fraction of sp³-hybridized carbons (Fsp3) is 0.333. The van der Waals surface area contributed by atoms with Crippen molar-refractivity contribution < 1.29 is 13.2 Å². The van der Waals surface area contributed by atoms with Gasteiger partial charge in [0.25, 0.3) is 5.91 Å². The first-order valence-electron chi connectivity index (χ1n) is 9.36. The van der Waals surface area contributed by atoms with Crippen LogP contribution in [0.4, 0.5) is 0 Å². The lowest BCUT2D eigenvalue weighted by Gasteiger charge is -2.13. The van der Waals surface area contributed by atoms with Gasteiger partial charge in [0.05, 0.1) is 10.6 Å². The number of hydrogen-bond acceptors (Lipinski definition) is 4. The van der Waals surface area contributed by atoms with Gasteiger partial charge in [0.15, 0.2) is 15.8 Å². The van der Waals surface area contributed by atoms with Crippen molar-refractivity contribution >= 4 is 45.7 Å². The largest absolute Gasteiger partial charge is 0.356 e. The molecule has 0 heterocycles. The Morgan fingerprint density at radius 2 is 1.63 bits per heavy atom. The number of halogens is 1. The number of carbonyl (C=O) groups excluding carboxylic acids is 1. The second-order valence-corrected chi connectivity index (χ2v) is 8.84. The maximum absolute atomic E-state index is 12.3. The van der Waals surface area contributed by atoms with Crippen LogP contribution in [0.15, 0.2) is 64.5 Å². The Morgan fingerprint density at radius 1 is 1.00 bits per heavy atom. The van der Waals surface area contributed by atoms with E-state index in [0.29, 0.717) is 35.9 Å². The molecular weight excluding hydrogens is 515 g/mol. The van der Waals surface area contributed by atoms with Gasteiger partial charge in [-0.15, -0.1) is 24.0 Å². The fourth-order valence-electron chi connectivity index (χ4n) is 2.64. The van der Waals surface area contributed by atoms with Crippen molar-refractivity contribution in [1.29, 1.82) is 0 Å². The Morgan fingerprint density at radius 3 is 2.20 bits per heavy atom. The summed E-state index contributed by atoms with van der Waals surface area (Å²) in [7, 11) is 1.83. The number of benzene rings is 2. The monoisotopic (exact) mass is 544 g/mol. The zero-order chi connectivity index (χ0) is 21.3. The number of sulfone groups is 1. The van der Waals surface area contributed by atoms with Crippen LogP contribution in [0.5, 0.6) is 0 Å². The minimum atomic E-state index is -3.27. The zero-order valence-corrected chi connectivity index (χ0v) is 20.6. The van der Waals surface area contributed by atoms with Gasteiger partial charge in [-0.1, -0.05) is 30.3 Å². The van der Waals surface area contributed by atoms with E-state index in [9.17, 15) is 13.2 Å². The van der Waals surface area contributed by atoms with Crippen LogP contribution in [0.2, 0.25) is 0 Å². The van der Waals surface area contributed by atoms with Gasteiger partial charge < -0.3 is 15.5 Å². The van der Waals surface area contributed by atoms with Gasteiger partial charge in [0.1, 0.15) is 0 Å². The highest BCUT2D eigenvalue weighted by molar-refractivity contribution is 14.0. The normalized spacial score (nSPS) is 11.4. The van der Waals surface area contributed by atoms with Crippen LogP contribution in [0.3, 0.4) is 0 Å². The average molecular weight is 544 g/mol. The van der Waals surface area contributed by atoms with Crippen LogP contribution in [0.1, 0.15) is 22.3 Å². The van der Waals surface area contributed by atoms with Gasteiger partial charge in [0.2, 0.25) is 0 Å². The molecular formula is C21H29IN4O3S. The Labute approximate surface area is 195 Å². The van der Waals surface area contributed by atoms with Crippen LogP contribution < -0.4 is 10.6 Å². The zero-order valence-electron chi connectivity index (χ0n) is 17.5. The van der Waals surface area contributed by atoms with Crippen LogP contribution in [-0.4, -0.2) is 58.6 Å². The minimum absolute atomic E-state index is 0. The summed E-state index contributed by atoms with van der Waals surface area (Å²) in [5.74, 6) is 0.630. The number of hydrogen-bond donors (Lipinski definition) is 2. The van der Waals surface area contributed by atoms with Gasteiger partial charge >= 0.3 is 0 Å². The van der Waals surface area contributed by atoms with E-state index in [1.165, 1.54) is 4.90 Å². The standard InChI is InChI=1S/C21H28N4O3S.HI/c1-22-21(23-14-7-15-29(27,28)19-8-5-4-6-9-19)24-16-17-10-12-18(13-11-17)20(26)25(2)3;/h4-6,8-13H,7,14-16H2,1-3H3,(H2,22,23,24);1H. The first-order valence-corrected chi connectivity index (χ1v) is 11.0. The molecule has 0 aromatic heterocycles. The summed E-state index contributed by atoms with van der Waals surface area (Å²) in [5, 5.41) is 6.30. The molecule has 164 valence electrons. The second kappa shape index (κ2) is 12.5. The number of guanidine groups is 1. The second-order valence-electron chi connectivity index (χ2n) is 6.73. The molecule has 0 atom stereocenters. The molecule has 2 N–H and O–H groups in total. The summed E-state index contributed by atoms with van der Waals surface area (Å²) in [6.45, 7) is 1.03. The number of amides is 1. The topological polar surface area (TPSA) is 90.9 Å². The lowest BCUT2D eigenvalue weighted by atomic mass is 10.1. The number of nitrogens with one attached hydrogen (secondary N) is 2. The Balaban J connectivity index is 0.00000450. The molecule has 0 aliphatic rings. The number of nitrogens with zero attached hydrogens (tertiary/aromatic N) is 2. The lowest BCUT2D eigenvalue weighted by molar-refractivity contribution is 0.0827. The van der Waals surface area contributed by atoms with E-state index >= 15 is 0 Å². The van der Waals surface area contributed by atoms with E-state index in [1.54, 1.807) is 63.6 Å². The van der Waals surface area contributed by atoms with E-state index in [4.69, 9.17) is 0 Å². The molecule has 0 aliphatic heterocycles. The highest BCUT2D eigenvalue weighted by Gasteiger charge is 2.13. The molecule has 0 radical (unpaired) electrons. The number of aliphatic imine (C=N–C) groups is 1. The molecule has 2 aromatic carbocycles. The maximum Gasteiger partial charge on any atom is 0.253 e. The molecule has 0 spiro atoms. The first-order chi connectivity index (χ1) is 13.8. The summed E-state index contributed by atoms with van der Waals surface area (Å²) in [6.07, 6.45) is 0.471. The van der Waals surface area contributed by atoms with Gasteiger partial charge in [0, 0.05) is 39.8 Å². The molecule has 9 heteroatoms. The Bertz CT molecular complexity index is 930. The van der Waals surface area contributed by atoms with E-state index in [-0.39, 0.29) is 35.6 Å². The molecule has 2 aromatic rings. The van der Waals surface area contributed by atoms with Crippen molar-refractivity contribution in [3.63, 3.8) is 0 Å². The minimum Gasteiger partial charge on any atom is -0.356 e. The maximum atomic E-state index is 12.3. The van der Waals surface area contributed by atoms with Crippen LogP contribution in [-0.2, 0) is 16.4 Å². The lowest BCUT2D eigenvalue weighted by Crippen LogP contribution is -2.37. The SMILES string of the molecule is CN=C(NCCCS(=O)(=O)c1ccccc1)NCc1ccc(C(=O)N(C)C)cc1.I. The Hall–Kier alpha value is -2.14. The van der Waals surface area contributed by atoms with Crippen molar-refractivity contribution in [3.8, 4) is 0 Å². The molecule has 30 heavy (non-hydrogen) atoms. The Kier molecular flexibility index (Phi) is 10.8. The van der Waals surface area contributed by atoms with E-state index < -0.39 is 9.84 Å². The van der Waals surface area contributed by atoms with Gasteiger partial charge in [-0.05, 0) is 36.2 Å². The predicted octanol–water partition coefficient (Wildman–Crippen LogP) is 2.54. The van der Waals surface area contributed by atoms with Crippen molar-refractivity contribution in [1.82, 2.24) is 15.5 Å². The third-order valence-corrected chi connectivity index (χ3v) is 6.09. The molecule has 0 bridgehead atoms. The molecule has 1 amide bonds. The van der Waals surface area contributed by atoms with Crippen LogP contribution in [0, 0.1) is 0 Å². The summed E-state index contributed by atoms with van der Waals surface area (Å²) in [4.78, 5) is 17.9. The summed E-state index contributed by atoms with van der Waals surface area (Å²) in [6, 6.07) is 15.8. The van der Waals surface area contributed by atoms with Crippen LogP contribution >= 0.6 is 24.0 Å². The van der Waals surface area contributed by atoms with Crippen molar-refractivity contribution in [2.24, 2.45) is 4.99 Å². The quantitative estimate of drug-likeness (QED) is 0.231. The molecule has 0 saturated carbocycles. The summed E-state index contributed by atoms with van der Waals surface area (Å²) >= 11 is 0. The van der Waals surface area contributed by atoms with E-state index in [1.807, 2.05) is 12.1 Å². The van der Waals surface area contributed by atoms with E-state index in [0.717, 1.165) is 5.56 Å². The van der Waals surface area contributed by atoms with Gasteiger partial charge in [-0.25, -0.2) is 8.42 Å².